The van der Waals surface area contributed by atoms with E-state index in [0.29, 0.717) is 10.6 Å². The van der Waals surface area contributed by atoms with Crippen molar-refractivity contribution in [3.63, 3.8) is 0 Å². The zero-order chi connectivity index (χ0) is 10.0. The Bertz CT molecular complexity index is 349. The van der Waals surface area contributed by atoms with Crippen LogP contribution < -0.4 is 0 Å². The predicted molar refractivity (Wildman–Crippen MR) is 53.0 cm³/mol. The topological polar surface area (TPSA) is 37.3 Å². The molecule has 5 heteroatoms. The molecule has 0 heterocycles. The molecule has 70 valence electrons. The third-order valence-corrected chi connectivity index (χ3v) is 2.44. The van der Waals surface area contributed by atoms with Crippen molar-refractivity contribution in [3.05, 3.63) is 33.3 Å². The Morgan fingerprint density at radius 3 is 2.46 bits per heavy atom. The molecule has 13 heavy (non-hydrogen) atoms. The summed E-state index contributed by atoms with van der Waals surface area (Å²) in [5.41, 5.74) is 0.498. The van der Waals surface area contributed by atoms with Crippen molar-refractivity contribution >= 4 is 40.8 Å². The van der Waals surface area contributed by atoms with Gasteiger partial charge in [0.15, 0.2) is 0 Å². The van der Waals surface area contributed by atoms with Gasteiger partial charge in [-0.1, -0.05) is 23.2 Å². The fraction of sp³-hybridized carbons (Fsp3) is 0.125. The van der Waals surface area contributed by atoms with Crippen molar-refractivity contribution in [3.8, 4) is 0 Å². The van der Waals surface area contributed by atoms with Crippen molar-refractivity contribution < 1.29 is 9.90 Å². The highest BCUT2D eigenvalue weighted by molar-refractivity contribution is 6.36. The number of hydrogen-bond acceptors (Lipinski definition) is 1. The molecule has 0 saturated heterocycles. The number of halogens is 3. The zero-order valence-electron chi connectivity index (χ0n) is 6.35. The minimum Gasteiger partial charge on any atom is -0.478 e. The molecule has 0 aromatic heterocycles. The van der Waals surface area contributed by atoms with Crippen LogP contribution in [0.2, 0.25) is 10.0 Å². The number of aromatic carboxylic acids is 1. The van der Waals surface area contributed by atoms with Gasteiger partial charge < -0.3 is 5.11 Å². The summed E-state index contributed by atoms with van der Waals surface area (Å²) in [4.78, 5) is 10.7. The monoisotopic (exact) mass is 238 g/mol. The maximum Gasteiger partial charge on any atom is 0.337 e. The minimum atomic E-state index is -1.11. The van der Waals surface area contributed by atoms with Crippen LogP contribution in [0.15, 0.2) is 12.1 Å². The predicted octanol–water partition coefficient (Wildman–Crippen LogP) is 3.43. The first kappa shape index (κ1) is 10.6. The molecule has 0 unspecified atom stereocenters. The van der Waals surface area contributed by atoms with Gasteiger partial charge in [0.2, 0.25) is 0 Å². The Kier molecular flexibility index (Phi) is 3.42. The van der Waals surface area contributed by atoms with E-state index in [0.717, 1.165) is 0 Å². The molecule has 0 spiro atoms. The Balaban J connectivity index is 3.35. The average molecular weight is 239 g/mol. The smallest absolute Gasteiger partial charge is 0.337 e. The summed E-state index contributed by atoms with van der Waals surface area (Å²) in [5, 5.41) is 9.19. The molecule has 0 aliphatic rings. The summed E-state index contributed by atoms with van der Waals surface area (Å²) in [6.45, 7) is 0. The van der Waals surface area contributed by atoms with E-state index in [2.05, 4.69) is 0 Å². The number of rotatable bonds is 2. The van der Waals surface area contributed by atoms with Crippen LogP contribution in [0.4, 0.5) is 0 Å². The lowest BCUT2D eigenvalue weighted by Gasteiger charge is -2.04. The standard InChI is InChI=1S/C8H5Cl3O2/c9-3-4-1-5(10)2-6(7(4)11)8(12)13/h1-2H,3H2,(H,12,13). The molecule has 0 aliphatic heterocycles. The molecule has 1 aromatic rings. The second-order valence-electron chi connectivity index (χ2n) is 2.37. The highest BCUT2D eigenvalue weighted by Crippen LogP contribution is 2.27. The molecule has 0 radical (unpaired) electrons. The second kappa shape index (κ2) is 4.18. The maximum absolute atomic E-state index is 10.7. The van der Waals surface area contributed by atoms with Gasteiger partial charge in [-0.3, -0.25) is 0 Å². The van der Waals surface area contributed by atoms with Crippen LogP contribution in [0.5, 0.6) is 0 Å². The van der Waals surface area contributed by atoms with Gasteiger partial charge >= 0.3 is 5.97 Å². The van der Waals surface area contributed by atoms with E-state index in [4.69, 9.17) is 39.9 Å². The molecule has 0 amide bonds. The highest BCUT2D eigenvalue weighted by Gasteiger charge is 2.13. The van der Waals surface area contributed by atoms with Crippen molar-refractivity contribution in [1.82, 2.24) is 0 Å². The van der Waals surface area contributed by atoms with Crippen molar-refractivity contribution in [1.29, 1.82) is 0 Å². The van der Waals surface area contributed by atoms with Gasteiger partial charge in [0.25, 0.3) is 0 Å². The summed E-state index contributed by atoms with van der Waals surface area (Å²) < 4.78 is 0. The summed E-state index contributed by atoms with van der Waals surface area (Å²) in [6, 6.07) is 2.84. The van der Waals surface area contributed by atoms with Crippen LogP contribution in [-0.2, 0) is 5.88 Å². The number of benzene rings is 1. The number of hydrogen-bond donors (Lipinski definition) is 1. The Morgan fingerprint density at radius 1 is 1.38 bits per heavy atom. The third kappa shape index (κ3) is 2.27. The van der Waals surface area contributed by atoms with E-state index in [9.17, 15) is 4.79 Å². The van der Waals surface area contributed by atoms with Crippen LogP contribution in [0.1, 0.15) is 15.9 Å². The van der Waals surface area contributed by atoms with E-state index >= 15 is 0 Å². The Hall–Kier alpha value is -0.440. The molecule has 1 N–H and O–H groups in total. The lowest BCUT2D eigenvalue weighted by Crippen LogP contribution is -1.99. The number of alkyl halides is 1. The van der Waals surface area contributed by atoms with Crippen LogP contribution >= 0.6 is 34.8 Å². The van der Waals surface area contributed by atoms with Crippen molar-refractivity contribution in [2.45, 2.75) is 5.88 Å². The van der Waals surface area contributed by atoms with E-state index < -0.39 is 5.97 Å². The van der Waals surface area contributed by atoms with Gasteiger partial charge in [-0.05, 0) is 17.7 Å². The van der Waals surface area contributed by atoms with Gasteiger partial charge in [0.05, 0.1) is 10.6 Å². The van der Waals surface area contributed by atoms with Crippen LogP contribution in [0.25, 0.3) is 0 Å². The molecule has 0 saturated carbocycles. The van der Waals surface area contributed by atoms with Crippen LogP contribution in [-0.4, -0.2) is 11.1 Å². The normalized spacial score (nSPS) is 10.1. The van der Waals surface area contributed by atoms with Crippen molar-refractivity contribution in [2.24, 2.45) is 0 Å². The SMILES string of the molecule is O=C(O)c1cc(Cl)cc(CCl)c1Cl. The third-order valence-electron chi connectivity index (χ3n) is 1.49. The second-order valence-corrected chi connectivity index (χ2v) is 3.45. The Morgan fingerprint density at radius 2 is 2.00 bits per heavy atom. The summed E-state index contributed by atoms with van der Waals surface area (Å²) in [5.74, 6) is -0.974. The molecular weight excluding hydrogens is 234 g/mol. The molecule has 0 aliphatic carbocycles. The van der Waals surface area contributed by atoms with Gasteiger partial charge in [0, 0.05) is 10.9 Å². The first-order chi connectivity index (χ1) is 6.06. The fourth-order valence-electron chi connectivity index (χ4n) is 0.899. The van der Waals surface area contributed by atoms with E-state index in [1.54, 1.807) is 6.07 Å². The first-order valence-corrected chi connectivity index (χ1v) is 4.62. The maximum atomic E-state index is 10.7. The number of carboxylic acid groups (broad SMARTS) is 1. The van der Waals surface area contributed by atoms with E-state index in [1.165, 1.54) is 6.07 Å². The summed E-state index contributed by atoms with van der Waals surface area (Å²) in [7, 11) is 0. The molecule has 0 bridgehead atoms. The van der Waals surface area contributed by atoms with E-state index in [-0.39, 0.29) is 16.5 Å². The highest BCUT2D eigenvalue weighted by atomic mass is 35.5. The lowest BCUT2D eigenvalue weighted by molar-refractivity contribution is 0.0697. The average Bonchev–Trinajstić information content (AvgIpc) is 2.08. The molecule has 1 rings (SSSR count). The quantitative estimate of drug-likeness (QED) is 0.803. The lowest BCUT2D eigenvalue weighted by atomic mass is 10.1. The fourth-order valence-corrected chi connectivity index (χ4v) is 1.68. The first-order valence-electron chi connectivity index (χ1n) is 3.33. The van der Waals surface area contributed by atoms with Crippen molar-refractivity contribution in [2.75, 3.05) is 0 Å². The molecule has 0 fully saturated rings. The van der Waals surface area contributed by atoms with Gasteiger partial charge in [0.1, 0.15) is 0 Å². The van der Waals surface area contributed by atoms with Gasteiger partial charge in [-0.2, -0.15) is 0 Å². The van der Waals surface area contributed by atoms with E-state index in [1.807, 2.05) is 0 Å². The van der Waals surface area contributed by atoms with Gasteiger partial charge in [-0.25, -0.2) is 4.79 Å². The van der Waals surface area contributed by atoms with Gasteiger partial charge in [-0.15, -0.1) is 11.6 Å². The van der Waals surface area contributed by atoms with Crippen LogP contribution in [0, 0.1) is 0 Å². The largest absolute Gasteiger partial charge is 0.478 e. The number of carboxylic acids is 1. The molecular formula is C8H5Cl3O2. The molecule has 0 atom stereocenters. The molecule has 2 nitrogen and oxygen atoms in total. The summed E-state index contributed by atoms with van der Waals surface area (Å²) >= 11 is 17.0. The summed E-state index contributed by atoms with van der Waals surface area (Å²) in [6.07, 6.45) is 0. The number of carbonyl (C=O) groups is 1. The molecule has 1 aromatic carbocycles. The van der Waals surface area contributed by atoms with Crippen LogP contribution in [0.3, 0.4) is 0 Å². The minimum absolute atomic E-state index is 0.0233. The Labute approximate surface area is 90.0 Å². The zero-order valence-corrected chi connectivity index (χ0v) is 8.62.